The summed E-state index contributed by atoms with van der Waals surface area (Å²) in [5.41, 5.74) is 0.302. The second-order valence-corrected chi connectivity index (χ2v) is 3.98. The summed E-state index contributed by atoms with van der Waals surface area (Å²) in [7, 11) is -4.47. The minimum Gasteiger partial charge on any atom is -0.744 e. The predicted molar refractivity (Wildman–Crippen MR) is 48.4 cm³/mol. The van der Waals surface area contributed by atoms with Gasteiger partial charge in [0.05, 0.1) is 11.2 Å². The fourth-order valence-corrected chi connectivity index (χ4v) is 1.81. The van der Waals surface area contributed by atoms with Crippen LogP contribution in [-0.2, 0) is 16.5 Å². The van der Waals surface area contributed by atoms with E-state index < -0.39 is 10.1 Å². The number of hydrogen-bond donors (Lipinski definition) is 0. The van der Waals surface area contributed by atoms with Crippen molar-refractivity contribution in [2.75, 3.05) is 0 Å². The summed E-state index contributed by atoms with van der Waals surface area (Å²) in [6, 6.07) is 5.73. The quantitative estimate of drug-likeness (QED) is 0.482. The molecule has 0 atom stereocenters. The molecule has 0 amide bonds. The van der Waals surface area contributed by atoms with Crippen molar-refractivity contribution in [3.8, 4) is 0 Å². The second-order valence-electron chi connectivity index (χ2n) is 2.63. The molecular weight excluding hydrogens is 230 g/mol. The average Bonchev–Trinajstić information content (AvgIpc) is 2.14. The van der Waals surface area contributed by atoms with Crippen LogP contribution >= 0.6 is 0 Å². The Kier molecular flexibility index (Phi) is 6.31. The maximum absolute atomic E-state index is 11.7. The first-order valence-corrected chi connectivity index (χ1v) is 5.25. The van der Waals surface area contributed by atoms with E-state index in [-0.39, 0.29) is 40.9 Å². The van der Waals surface area contributed by atoms with E-state index in [1.165, 1.54) is 18.2 Å². The van der Waals surface area contributed by atoms with Gasteiger partial charge >= 0.3 is 29.6 Å². The van der Waals surface area contributed by atoms with Gasteiger partial charge < -0.3 is 4.55 Å². The SMILES string of the molecule is O=S(=O)([O-])c1ccccc1CC=CF.[Na+]. The van der Waals surface area contributed by atoms with Crippen molar-refractivity contribution in [3.05, 3.63) is 42.2 Å². The Morgan fingerprint density at radius 1 is 1.33 bits per heavy atom. The van der Waals surface area contributed by atoms with Gasteiger partial charge in [-0.05, 0) is 18.1 Å². The molecule has 15 heavy (non-hydrogen) atoms. The van der Waals surface area contributed by atoms with Crippen molar-refractivity contribution < 1.29 is 46.9 Å². The van der Waals surface area contributed by atoms with Crippen LogP contribution < -0.4 is 29.6 Å². The molecule has 0 saturated heterocycles. The Bertz CT molecular complexity index is 442. The van der Waals surface area contributed by atoms with E-state index in [1.807, 2.05) is 0 Å². The van der Waals surface area contributed by atoms with Crippen molar-refractivity contribution in [2.24, 2.45) is 0 Å². The summed E-state index contributed by atoms with van der Waals surface area (Å²) in [6.45, 7) is 0. The van der Waals surface area contributed by atoms with Crippen molar-refractivity contribution in [1.82, 2.24) is 0 Å². The van der Waals surface area contributed by atoms with Crippen LogP contribution in [-0.4, -0.2) is 13.0 Å². The zero-order valence-electron chi connectivity index (χ0n) is 8.18. The molecule has 1 aromatic carbocycles. The Hall–Kier alpha value is -0.200. The predicted octanol–water partition coefficient (Wildman–Crippen LogP) is -1.38. The molecule has 0 fully saturated rings. The van der Waals surface area contributed by atoms with Crippen LogP contribution in [0.2, 0.25) is 0 Å². The summed E-state index contributed by atoms with van der Waals surface area (Å²) in [5, 5.41) is 0. The summed E-state index contributed by atoms with van der Waals surface area (Å²) in [4.78, 5) is -0.293. The average molecular weight is 238 g/mol. The Labute approximate surface area is 110 Å². The largest absolute Gasteiger partial charge is 1.00 e. The summed E-state index contributed by atoms with van der Waals surface area (Å²) in [6.07, 6.45) is 1.55. The van der Waals surface area contributed by atoms with E-state index in [9.17, 15) is 17.4 Å². The molecule has 0 bridgehead atoms. The number of halogens is 1. The van der Waals surface area contributed by atoms with Gasteiger partial charge in [-0.15, -0.1) is 0 Å². The minimum atomic E-state index is -4.47. The molecule has 0 saturated carbocycles. The normalized spacial score (nSPS) is 11.3. The Balaban J connectivity index is 0.00000196. The van der Waals surface area contributed by atoms with Gasteiger partial charge in [0.2, 0.25) is 0 Å². The molecule has 0 N–H and O–H groups in total. The third kappa shape index (κ3) is 4.44. The topological polar surface area (TPSA) is 57.2 Å². The maximum Gasteiger partial charge on any atom is 1.00 e. The van der Waals surface area contributed by atoms with E-state index in [1.54, 1.807) is 6.07 Å². The molecule has 0 aromatic heterocycles. The smallest absolute Gasteiger partial charge is 0.744 e. The first-order chi connectivity index (χ1) is 6.55. The fraction of sp³-hybridized carbons (Fsp3) is 0.111. The third-order valence-corrected chi connectivity index (χ3v) is 2.61. The zero-order chi connectivity index (χ0) is 10.6. The minimum absolute atomic E-state index is 0. The number of benzene rings is 1. The van der Waals surface area contributed by atoms with E-state index >= 15 is 0 Å². The molecule has 0 aliphatic rings. The summed E-state index contributed by atoms with van der Waals surface area (Å²) in [5.74, 6) is 0. The fourth-order valence-electron chi connectivity index (χ4n) is 1.09. The summed E-state index contributed by atoms with van der Waals surface area (Å²) < 4.78 is 43.9. The molecule has 0 unspecified atom stereocenters. The maximum atomic E-state index is 11.7. The van der Waals surface area contributed by atoms with Gasteiger partial charge in [0, 0.05) is 0 Å². The van der Waals surface area contributed by atoms with Gasteiger partial charge in [0.15, 0.2) is 0 Å². The molecule has 76 valence electrons. The van der Waals surface area contributed by atoms with Crippen LogP contribution in [0.1, 0.15) is 5.56 Å². The van der Waals surface area contributed by atoms with Crippen molar-refractivity contribution in [1.29, 1.82) is 0 Å². The van der Waals surface area contributed by atoms with Gasteiger partial charge in [-0.3, -0.25) is 0 Å². The van der Waals surface area contributed by atoms with Crippen LogP contribution in [0, 0.1) is 0 Å². The van der Waals surface area contributed by atoms with Crippen molar-refractivity contribution in [2.45, 2.75) is 11.3 Å². The molecule has 3 nitrogen and oxygen atoms in total. The van der Waals surface area contributed by atoms with E-state index in [2.05, 4.69) is 0 Å². The van der Waals surface area contributed by atoms with Crippen LogP contribution in [0.3, 0.4) is 0 Å². The van der Waals surface area contributed by atoms with Crippen LogP contribution in [0.5, 0.6) is 0 Å². The molecule has 0 heterocycles. The molecule has 0 aliphatic carbocycles. The molecule has 0 aliphatic heterocycles. The van der Waals surface area contributed by atoms with Crippen LogP contribution in [0.4, 0.5) is 4.39 Å². The van der Waals surface area contributed by atoms with Gasteiger partial charge in [-0.25, -0.2) is 12.8 Å². The molecule has 0 spiro atoms. The van der Waals surface area contributed by atoms with Gasteiger partial charge in [0.1, 0.15) is 10.1 Å². The Morgan fingerprint density at radius 3 is 2.47 bits per heavy atom. The van der Waals surface area contributed by atoms with Crippen LogP contribution in [0.25, 0.3) is 0 Å². The molecule has 6 heteroatoms. The first kappa shape index (κ1) is 14.8. The number of allylic oxidation sites excluding steroid dienone is 1. The van der Waals surface area contributed by atoms with E-state index in [0.29, 0.717) is 11.9 Å². The molecular formula is C9H8FNaO3S. The van der Waals surface area contributed by atoms with Gasteiger partial charge in [-0.2, -0.15) is 0 Å². The molecule has 0 radical (unpaired) electrons. The van der Waals surface area contributed by atoms with E-state index in [0.717, 1.165) is 6.08 Å². The Morgan fingerprint density at radius 2 is 1.93 bits per heavy atom. The zero-order valence-corrected chi connectivity index (χ0v) is 11.0. The van der Waals surface area contributed by atoms with Gasteiger partial charge in [0.25, 0.3) is 0 Å². The monoisotopic (exact) mass is 238 g/mol. The molecule has 1 rings (SSSR count). The van der Waals surface area contributed by atoms with E-state index in [4.69, 9.17) is 0 Å². The summed E-state index contributed by atoms with van der Waals surface area (Å²) >= 11 is 0. The second kappa shape index (κ2) is 6.40. The standard InChI is InChI=1S/C9H9FO3S.Na/c10-7-3-5-8-4-1-2-6-9(8)14(11,12)13;/h1-4,6-7H,5H2,(H,11,12,13);/q;+1/p-1. The van der Waals surface area contributed by atoms with Crippen molar-refractivity contribution >= 4 is 10.1 Å². The number of rotatable bonds is 3. The molecule has 1 aromatic rings. The van der Waals surface area contributed by atoms with Crippen molar-refractivity contribution in [3.63, 3.8) is 0 Å². The first-order valence-electron chi connectivity index (χ1n) is 3.84. The van der Waals surface area contributed by atoms with Crippen LogP contribution in [0.15, 0.2) is 41.6 Å². The number of hydrogen-bond acceptors (Lipinski definition) is 3. The third-order valence-electron chi connectivity index (χ3n) is 1.67. The van der Waals surface area contributed by atoms with Gasteiger partial charge in [-0.1, -0.05) is 24.3 Å².